The number of nitrogens with zero attached hydrogens (tertiary/aromatic N) is 3. The molecule has 0 unspecified atom stereocenters. The van der Waals surface area contributed by atoms with Gasteiger partial charge in [-0.05, 0) is 36.6 Å². The van der Waals surface area contributed by atoms with Crippen molar-refractivity contribution < 1.29 is 9.21 Å². The van der Waals surface area contributed by atoms with Gasteiger partial charge < -0.3 is 14.6 Å². The van der Waals surface area contributed by atoms with Crippen LogP contribution in [-0.2, 0) is 4.79 Å². The highest BCUT2D eigenvalue weighted by atomic mass is 32.2. The third-order valence-corrected chi connectivity index (χ3v) is 5.69. The van der Waals surface area contributed by atoms with Crippen LogP contribution < -0.4 is 5.32 Å². The van der Waals surface area contributed by atoms with Gasteiger partial charge in [0, 0.05) is 19.6 Å². The minimum atomic E-state index is -0.00634. The molecule has 3 aromatic rings. The summed E-state index contributed by atoms with van der Waals surface area (Å²) in [5.41, 5.74) is 1.41. The Balaban J connectivity index is 1.15. The van der Waals surface area contributed by atoms with Gasteiger partial charge in [0.2, 0.25) is 11.1 Å². The lowest BCUT2D eigenvalue weighted by atomic mass is 9.99. The van der Waals surface area contributed by atoms with E-state index in [1.54, 1.807) is 12.3 Å². The summed E-state index contributed by atoms with van der Waals surface area (Å²) in [6.07, 6.45) is 2.76. The van der Waals surface area contributed by atoms with Crippen molar-refractivity contribution in [2.75, 3.05) is 31.9 Å². The minimum Gasteiger partial charge on any atom is -0.461 e. The zero-order valence-corrected chi connectivity index (χ0v) is 16.3. The Kier molecular flexibility index (Phi) is 6.08. The van der Waals surface area contributed by atoms with Crippen molar-refractivity contribution in [3.05, 3.63) is 54.3 Å². The van der Waals surface area contributed by atoms with Crippen LogP contribution in [0.3, 0.4) is 0 Å². The molecule has 2 N–H and O–H groups in total. The number of hydrogen-bond acceptors (Lipinski definition) is 6. The normalized spacial score (nSPS) is 17.1. The number of thioether (sulfide) groups is 1. The second-order valence-corrected chi connectivity index (χ2v) is 7.72. The molecule has 146 valence electrons. The summed E-state index contributed by atoms with van der Waals surface area (Å²) in [5.74, 6) is 2.08. The summed E-state index contributed by atoms with van der Waals surface area (Å²) in [4.78, 5) is 18.8. The van der Waals surface area contributed by atoms with E-state index in [4.69, 9.17) is 4.42 Å². The fourth-order valence-electron chi connectivity index (χ4n) is 3.40. The van der Waals surface area contributed by atoms with E-state index >= 15 is 0 Å². The molecule has 0 bridgehead atoms. The summed E-state index contributed by atoms with van der Waals surface area (Å²) in [5, 5.41) is 10.4. The standard InChI is InChI=1S/C20H23N5O2S/c26-18(14-28-20-22-19(23-24-20)17-7-4-12-27-17)21-9-11-25-10-8-16(13-25)15-5-2-1-3-6-15/h1-7,12,16H,8-11,13-14H2,(H,21,26)(H,22,23,24)/t16-/m1/s1. The van der Waals surface area contributed by atoms with Crippen LogP contribution in [0.25, 0.3) is 11.6 Å². The average molecular weight is 398 g/mol. The van der Waals surface area contributed by atoms with Crippen LogP contribution in [0.2, 0.25) is 0 Å². The van der Waals surface area contributed by atoms with Gasteiger partial charge in [0.1, 0.15) is 0 Å². The van der Waals surface area contributed by atoms with Gasteiger partial charge in [0.25, 0.3) is 0 Å². The quantitative estimate of drug-likeness (QED) is 0.569. The number of aromatic nitrogens is 3. The number of benzene rings is 1. The lowest BCUT2D eigenvalue weighted by Gasteiger charge is -2.16. The predicted octanol–water partition coefficient (Wildman–Crippen LogP) is 2.76. The molecule has 1 amide bonds. The number of likely N-dealkylation sites (tertiary alicyclic amines) is 1. The molecule has 1 aromatic carbocycles. The molecule has 0 aliphatic carbocycles. The summed E-state index contributed by atoms with van der Waals surface area (Å²) in [6.45, 7) is 3.67. The summed E-state index contributed by atoms with van der Waals surface area (Å²) < 4.78 is 5.27. The first kappa shape index (κ1) is 18.8. The number of H-pyrrole nitrogens is 1. The number of carbonyl (C=O) groups is 1. The number of aromatic amines is 1. The van der Waals surface area contributed by atoms with E-state index in [0.717, 1.165) is 19.6 Å². The molecule has 1 fully saturated rings. The van der Waals surface area contributed by atoms with Crippen LogP contribution in [0.5, 0.6) is 0 Å². The van der Waals surface area contributed by atoms with Crippen LogP contribution in [0.1, 0.15) is 17.9 Å². The molecule has 3 heterocycles. The Morgan fingerprint density at radius 1 is 1.29 bits per heavy atom. The van der Waals surface area contributed by atoms with Gasteiger partial charge in [-0.1, -0.05) is 42.1 Å². The second kappa shape index (κ2) is 9.07. The van der Waals surface area contributed by atoms with E-state index in [1.165, 1.54) is 23.7 Å². The lowest BCUT2D eigenvalue weighted by Crippen LogP contribution is -2.34. The van der Waals surface area contributed by atoms with E-state index < -0.39 is 0 Å². The molecule has 1 aliphatic heterocycles. The van der Waals surface area contributed by atoms with Crippen molar-refractivity contribution >= 4 is 17.7 Å². The van der Waals surface area contributed by atoms with E-state index in [-0.39, 0.29) is 5.91 Å². The highest BCUT2D eigenvalue weighted by Crippen LogP contribution is 2.26. The molecule has 2 aromatic heterocycles. The van der Waals surface area contributed by atoms with Crippen molar-refractivity contribution in [1.82, 2.24) is 25.4 Å². The summed E-state index contributed by atoms with van der Waals surface area (Å²) in [6, 6.07) is 14.3. The van der Waals surface area contributed by atoms with Crippen LogP contribution >= 0.6 is 11.8 Å². The fraction of sp³-hybridized carbons (Fsp3) is 0.350. The highest BCUT2D eigenvalue weighted by Gasteiger charge is 2.23. The van der Waals surface area contributed by atoms with Gasteiger partial charge in [0.15, 0.2) is 11.6 Å². The zero-order valence-electron chi connectivity index (χ0n) is 15.5. The first-order valence-electron chi connectivity index (χ1n) is 9.41. The monoisotopic (exact) mass is 397 g/mol. The first-order valence-corrected chi connectivity index (χ1v) is 10.4. The molecular weight excluding hydrogens is 374 g/mol. The highest BCUT2D eigenvalue weighted by molar-refractivity contribution is 7.99. The van der Waals surface area contributed by atoms with Crippen molar-refractivity contribution in [1.29, 1.82) is 0 Å². The van der Waals surface area contributed by atoms with Gasteiger partial charge in [-0.2, -0.15) is 4.98 Å². The first-order chi connectivity index (χ1) is 13.8. The number of nitrogens with one attached hydrogen (secondary N) is 2. The molecule has 0 radical (unpaired) electrons. The van der Waals surface area contributed by atoms with E-state index in [2.05, 4.69) is 55.7 Å². The number of rotatable bonds is 8. The van der Waals surface area contributed by atoms with Gasteiger partial charge in [-0.25, -0.2) is 0 Å². The second-order valence-electron chi connectivity index (χ2n) is 6.78. The summed E-state index contributed by atoms with van der Waals surface area (Å²) >= 11 is 1.31. The molecule has 0 spiro atoms. The van der Waals surface area contributed by atoms with Crippen molar-refractivity contribution in [3.8, 4) is 11.6 Å². The number of amides is 1. The molecular formula is C20H23N5O2S. The zero-order chi connectivity index (χ0) is 19.2. The SMILES string of the molecule is O=C(CSc1n[nH]c(-c2ccco2)n1)NCCN1CC[C@@H](c2ccccc2)C1. The molecule has 0 saturated carbocycles. The number of carbonyl (C=O) groups excluding carboxylic acids is 1. The summed E-state index contributed by atoms with van der Waals surface area (Å²) in [7, 11) is 0. The van der Waals surface area contributed by atoms with E-state index in [1.807, 2.05) is 6.07 Å². The van der Waals surface area contributed by atoms with Crippen molar-refractivity contribution in [3.63, 3.8) is 0 Å². The molecule has 7 nitrogen and oxygen atoms in total. The fourth-order valence-corrected chi connectivity index (χ4v) is 4.03. The molecule has 8 heteroatoms. The molecule has 4 rings (SSSR count). The largest absolute Gasteiger partial charge is 0.461 e. The van der Waals surface area contributed by atoms with Crippen LogP contribution in [0.15, 0.2) is 58.3 Å². The Hall–Kier alpha value is -2.58. The predicted molar refractivity (Wildman–Crippen MR) is 108 cm³/mol. The van der Waals surface area contributed by atoms with Gasteiger partial charge in [-0.3, -0.25) is 9.89 Å². The van der Waals surface area contributed by atoms with Crippen molar-refractivity contribution in [2.24, 2.45) is 0 Å². The van der Waals surface area contributed by atoms with Gasteiger partial charge in [-0.15, -0.1) is 5.10 Å². The van der Waals surface area contributed by atoms with Crippen LogP contribution in [0.4, 0.5) is 0 Å². The van der Waals surface area contributed by atoms with Crippen molar-refractivity contribution in [2.45, 2.75) is 17.5 Å². The lowest BCUT2D eigenvalue weighted by molar-refractivity contribution is -0.118. The topological polar surface area (TPSA) is 87.0 Å². The molecule has 28 heavy (non-hydrogen) atoms. The Morgan fingerprint density at radius 2 is 2.18 bits per heavy atom. The minimum absolute atomic E-state index is 0.00634. The maximum atomic E-state index is 12.1. The number of hydrogen-bond donors (Lipinski definition) is 2. The third kappa shape index (κ3) is 4.82. The number of furan rings is 1. The maximum Gasteiger partial charge on any atom is 0.230 e. The van der Waals surface area contributed by atoms with E-state index in [9.17, 15) is 4.79 Å². The smallest absolute Gasteiger partial charge is 0.230 e. The van der Waals surface area contributed by atoms with E-state index in [0.29, 0.717) is 35.0 Å². The van der Waals surface area contributed by atoms with Gasteiger partial charge >= 0.3 is 0 Å². The Bertz CT molecular complexity index is 881. The van der Waals surface area contributed by atoms with Crippen LogP contribution in [-0.4, -0.2) is 57.9 Å². The average Bonchev–Trinajstić information content (AvgIpc) is 3.48. The Labute approximate surface area is 167 Å². The molecule has 1 aliphatic rings. The maximum absolute atomic E-state index is 12.1. The Morgan fingerprint density at radius 3 is 3.00 bits per heavy atom. The third-order valence-electron chi connectivity index (χ3n) is 4.85. The van der Waals surface area contributed by atoms with Gasteiger partial charge in [0.05, 0.1) is 12.0 Å². The van der Waals surface area contributed by atoms with Crippen LogP contribution in [0, 0.1) is 0 Å². The molecule has 1 atom stereocenters. The molecule has 1 saturated heterocycles.